The molecule has 1 fully saturated rings. The number of ether oxygens (including phenoxy) is 1. The number of hydrogen-bond acceptors (Lipinski definition) is 4. The van der Waals surface area contributed by atoms with E-state index in [2.05, 4.69) is 0 Å². The Balaban J connectivity index is 0.00000144. The van der Waals surface area contributed by atoms with E-state index in [0.29, 0.717) is 5.75 Å². The highest BCUT2D eigenvalue weighted by Crippen LogP contribution is 2.21. The Kier molecular flexibility index (Phi) is 5.61. The smallest absolute Gasteiger partial charge is 0.174 e. The average Bonchev–Trinajstić information content (AvgIpc) is 2.80. The first kappa shape index (κ1) is 13.6. The summed E-state index contributed by atoms with van der Waals surface area (Å²) in [5.41, 5.74) is 0. The average molecular weight is 255 g/mol. The van der Waals surface area contributed by atoms with Crippen LogP contribution in [0, 0.1) is 11.3 Å². The highest BCUT2D eigenvalue weighted by atomic mass is 35.5. The molecule has 0 amide bonds. The van der Waals surface area contributed by atoms with E-state index in [0.717, 1.165) is 18.8 Å². The predicted octanol–water partition coefficient (Wildman–Crippen LogP) is 2.40. The molecule has 0 spiro atoms. The lowest BCUT2D eigenvalue weighted by Crippen LogP contribution is -2.23. The molecule has 4 nitrogen and oxygen atoms in total. The van der Waals surface area contributed by atoms with E-state index in [4.69, 9.17) is 14.8 Å². The Morgan fingerprint density at radius 3 is 2.65 bits per heavy atom. The summed E-state index contributed by atoms with van der Waals surface area (Å²) >= 11 is 0. The SMILES string of the molecule is Cl.N#CCOc1cccc(ON2CCCC2)c1. The fourth-order valence-corrected chi connectivity index (χ4v) is 1.66. The molecule has 0 bridgehead atoms. The molecular formula is C12H15ClN2O2. The number of benzene rings is 1. The van der Waals surface area contributed by atoms with E-state index < -0.39 is 0 Å². The Bertz CT molecular complexity index is 386. The molecule has 2 rings (SSSR count). The normalized spacial score (nSPS) is 14.8. The maximum absolute atomic E-state index is 8.41. The molecule has 5 heteroatoms. The topological polar surface area (TPSA) is 45.5 Å². The zero-order valence-electron chi connectivity index (χ0n) is 9.46. The van der Waals surface area contributed by atoms with E-state index >= 15 is 0 Å². The summed E-state index contributed by atoms with van der Waals surface area (Å²) in [7, 11) is 0. The van der Waals surface area contributed by atoms with Crippen molar-refractivity contribution < 1.29 is 9.57 Å². The van der Waals surface area contributed by atoms with E-state index in [-0.39, 0.29) is 19.0 Å². The second-order valence-corrected chi connectivity index (χ2v) is 3.65. The summed E-state index contributed by atoms with van der Waals surface area (Å²) in [6, 6.07) is 9.30. The van der Waals surface area contributed by atoms with Crippen molar-refractivity contribution in [1.29, 1.82) is 5.26 Å². The van der Waals surface area contributed by atoms with Crippen LogP contribution in [-0.2, 0) is 0 Å². The van der Waals surface area contributed by atoms with Crippen molar-refractivity contribution >= 4 is 12.4 Å². The molecule has 0 aliphatic carbocycles. The lowest BCUT2D eigenvalue weighted by Gasteiger charge is -2.16. The van der Waals surface area contributed by atoms with Crippen molar-refractivity contribution in [1.82, 2.24) is 5.06 Å². The zero-order valence-corrected chi connectivity index (χ0v) is 10.3. The second kappa shape index (κ2) is 7.00. The van der Waals surface area contributed by atoms with Gasteiger partial charge in [-0.25, -0.2) is 0 Å². The molecule has 1 aromatic carbocycles. The summed E-state index contributed by atoms with van der Waals surface area (Å²) in [4.78, 5) is 5.67. The minimum absolute atomic E-state index is 0. The maximum atomic E-state index is 8.41. The van der Waals surface area contributed by atoms with Gasteiger partial charge in [0.25, 0.3) is 0 Å². The quantitative estimate of drug-likeness (QED) is 0.828. The molecule has 0 unspecified atom stereocenters. The number of halogens is 1. The molecule has 0 radical (unpaired) electrons. The Hall–Kier alpha value is -1.44. The van der Waals surface area contributed by atoms with Gasteiger partial charge in [0, 0.05) is 19.2 Å². The van der Waals surface area contributed by atoms with E-state index in [1.54, 1.807) is 6.07 Å². The monoisotopic (exact) mass is 254 g/mol. The van der Waals surface area contributed by atoms with Crippen LogP contribution in [0.4, 0.5) is 0 Å². The zero-order chi connectivity index (χ0) is 11.2. The van der Waals surface area contributed by atoms with Gasteiger partial charge in [-0.3, -0.25) is 0 Å². The summed E-state index contributed by atoms with van der Waals surface area (Å²) in [6.07, 6.45) is 2.37. The lowest BCUT2D eigenvalue weighted by molar-refractivity contribution is -0.0348. The van der Waals surface area contributed by atoms with Gasteiger partial charge in [0.05, 0.1) is 0 Å². The summed E-state index contributed by atoms with van der Waals surface area (Å²) in [5.74, 6) is 1.43. The summed E-state index contributed by atoms with van der Waals surface area (Å²) in [6.45, 7) is 2.01. The number of hydrogen-bond donors (Lipinski definition) is 0. The van der Waals surface area contributed by atoms with Crippen LogP contribution in [0.3, 0.4) is 0 Å². The van der Waals surface area contributed by atoms with Crippen molar-refractivity contribution in [2.75, 3.05) is 19.7 Å². The van der Waals surface area contributed by atoms with Crippen LogP contribution in [0.5, 0.6) is 11.5 Å². The van der Waals surface area contributed by atoms with Crippen LogP contribution < -0.4 is 9.57 Å². The van der Waals surface area contributed by atoms with Crippen molar-refractivity contribution in [3.63, 3.8) is 0 Å². The third-order valence-corrected chi connectivity index (χ3v) is 2.41. The predicted molar refractivity (Wildman–Crippen MR) is 66.2 cm³/mol. The highest BCUT2D eigenvalue weighted by molar-refractivity contribution is 5.85. The van der Waals surface area contributed by atoms with Crippen LogP contribution >= 0.6 is 12.4 Å². The van der Waals surface area contributed by atoms with Crippen LogP contribution in [0.1, 0.15) is 12.8 Å². The van der Waals surface area contributed by atoms with Gasteiger partial charge in [0.1, 0.15) is 11.8 Å². The van der Waals surface area contributed by atoms with Crippen molar-refractivity contribution in [3.05, 3.63) is 24.3 Å². The van der Waals surface area contributed by atoms with Crippen LogP contribution in [0.2, 0.25) is 0 Å². The molecule has 1 saturated heterocycles. The van der Waals surface area contributed by atoms with Gasteiger partial charge in [-0.05, 0) is 25.0 Å². The van der Waals surface area contributed by atoms with Crippen molar-refractivity contribution in [2.24, 2.45) is 0 Å². The fraction of sp³-hybridized carbons (Fsp3) is 0.417. The molecule has 0 saturated carbocycles. The minimum atomic E-state index is 0. The number of hydroxylamine groups is 2. The van der Waals surface area contributed by atoms with Crippen LogP contribution in [0.25, 0.3) is 0 Å². The third-order valence-electron chi connectivity index (χ3n) is 2.41. The lowest BCUT2D eigenvalue weighted by atomic mass is 10.3. The standard InChI is InChI=1S/C12H14N2O2.ClH/c13-6-9-15-11-4-3-5-12(10-11)16-14-7-1-2-8-14;/h3-5,10H,1-2,7-9H2;1H. The maximum Gasteiger partial charge on any atom is 0.174 e. The van der Waals surface area contributed by atoms with Crippen molar-refractivity contribution in [2.45, 2.75) is 12.8 Å². The molecule has 1 aliphatic rings. The molecule has 0 N–H and O–H groups in total. The number of nitriles is 1. The Labute approximate surface area is 107 Å². The van der Waals surface area contributed by atoms with Gasteiger partial charge in [0.2, 0.25) is 0 Å². The third kappa shape index (κ3) is 4.14. The molecule has 1 aromatic rings. The van der Waals surface area contributed by atoms with E-state index in [1.165, 1.54) is 12.8 Å². The van der Waals surface area contributed by atoms with Gasteiger partial charge < -0.3 is 9.57 Å². The molecule has 92 valence electrons. The van der Waals surface area contributed by atoms with Gasteiger partial charge >= 0.3 is 0 Å². The fourth-order valence-electron chi connectivity index (χ4n) is 1.66. The van der Waals surface area contributed by atoms with E-state index in [1.807, 2.05) is 29.3 Å². The van der Waals surface area contributed by atoms with Gasteiger partial charge in [-0.15, -0.1) is 17.5 Å². The summed E-state index contributed by atoms with van der Waals surface area (Å²) in [5, 5.41) is 10.4. The summed E-state index contributed by atoms with van der Waals surface area (Å²) < 4.78 is 5.20. The molecule has 17 heavy (non-hydrogen) atoms. The molecule has 0 atom stereocenters. The largest absolute Gasteiger partial charge is 0.479 e. The van der Waals surface area contributed by atoms with E-state index in [9.17, 15) is 0 Å². The minimum Gasteiger partial charge on any atom is -0.479 e. The molecule has 1 heterocycles. The Morgan fingerprint density at radius 1 is 1.24 bits per heavy atom. The number of rotatable bonds is 4. The molecular weight excluding hydrogens is 240 g/mol. The van der Waals surface area contributed by atoms with Crippen LogP contribution in [-0.4, -0.2) is 24.8 Å². The number of nitrogens with zero attached hydrogens (tertiary/aromatic N) is 2. The van der Waals surface area contributed by atoms with Crippen molar-refractivity contribution in [3.8, 4) is 17.6 Å². The van der Waals surface area contributed by atoms with Crippen LogP contribution in [0.15, 0.2) is 24.3 Å². The Morgan fingerprint density at radius 2 is 1.94 bits per heavy atom. The van der Waals surface area contributed by atoms with Gasteiger partial charge in [0.15, 0.2) is 12.4 Å². The first-order chi connectivity index (χ1) is 7.88. The molecule has 0 aromatic heterocycles. The second-order valence-electron chi connectivity index (χ2n) is 3.65. The molecule has 1 aliphatic heterocycles. The first-order valence-electron chi connectivity index (χ1n) is 5.41. The van der Waals surface area contributed by atoms with Gasteiger partial charge in [-0.1, -0.05) is 6.07 Å². The first-order valence-corrected chi connectivity index (χ1v) is 5.41. The van der Waals surface area contributed by atoms with Gasteiger partial charge in [-0.2, -0.15) is 5.26 Å². The highest BCUT2D eigenvalue weighted by Gasteiger charge is 2.13.